The number of nitrogen functional groups attached to an aromatic ring is 1. The molecule has 0 spiro atoms. The molecule has 4 nitrogen and oxygen atoms in total. The van der Waals surface area contributed by atoms with E-state index in [1.807, 2.05) is 30.3 Å². The molecule has 4 heteroatoms. The summed E-state index contributed by atoms with van der Waals surface area (Å²) in [5, 5.41) is 0. The molecule has 0 saturated carbocycles. The Morgan fingerprint density at radius 2 is 2.04 bits per heavy atom. The van der Waals surface area contributed by atoms with Crippen LogP contribution in [0.1, 0.15) is 45.1 Å². The van der Waals surface area contributed by atoms with Gasteiger partial charge >= 0.3 is 5.97 Å². The zero-order valence-corrected chi connectivity index (χ0v) is 14.8. The lowest BCUT2D eigenvalue weighted by Gasteiger charge is -2.19. The lowest BCUT2D eigenvalue weighted by Crippen LogP contribution is -2.28. The number of epoxide rings is 1. The van der Waals surface area contributed by atoms with Gasteiger partial charge in [-0.05, 0) is 63.3 Å². The third-order valence-corrected chi connectivity index (χ3v) is 5.76. The maximum atomic E-state index is 12.6. The van der Waals surface area contributed by atoms with Crippen molar-refractivity contribution >= 4 is 17.7 Å². The maximum absolute atomic E-state index is 12.6. The van der Waals surface area contributed by atoms with E-state index in [-0.39, 0.29) is 29.7 Å². The van der Waals surface area contributed by atoms with Crippen LogP contribution in [0, 0.1) is 5.92 Å². The first-order valence-corrected chi connectivity index (χ1v) is 9.08. The number of hydrogen-bond donors (Lipinski definition) is 1. The number of esters is 1. The summed E-state index contributed by atoms with van der Waals surface area (Å²) < 4.78 is 11.8. The van der Waals surface area contributed by atoms with Gasteiger partial charge in [-0.1, -0.05) is 23.8 Å². The first kappa shape index (κ1) is 16.4. The molecule has 1 aromatic carbocycles. The highest BCUT2D eigenvalue weighted by atomic mass is 16.6. The second-order valence-corrected chi connectivity index (χ2v) is 7.72. The highest BCUT2D eigenvalue weighted by Gasteiger charge is 2.61. The van der Waals surface area contributed by atoms with Crippen LogP contribution in [0.3, 0.4) is 0 Å². The van der Waals surface area contributed by atoms with Gasteiger partial charge < -0.3 is 15.2 Å². The van der Waals surface area contributed by atoms with Gasteiger partial charge in [0, 0.05) is 17.2 Å². The van der Waals surface area contributed by atoms with Gasteiger partial charge in [-0.3, -0.25) is 0 Å². The van der Waals surface area contributed by atoms with Crippen molar-refractivity contribution in [2.24, 2.45) is 5.92 Å². The molecule has 0 radical (unpaired) electrons. The van der Waals surface area contributed by atoms with Crippen molar-refractivity contribution in [2.45, 2.75) is 57.3 Å². The van der Waals surface area contributed by atoms with Crippen LogP contribution in [0.4, 0.5) is 5.69 Å². The summed E-state index contributed by atoms with van der Waals surface area (Å²) in [7, 11) is 0. The molecule has 25 heavy (non-hydrogen) atoms. The Bertz CT molecular complexity index is 749. The maximum Gasteiger partial charge on any atom is 0.334 e. The summed E-state index contributed by atoms with van der Waals surface area (Å²) in [5.41, 5.74) is 9.44. The standard InChI is InChI=1S/C21H25NO3/c1-13-4-3-11-21(2)19(25-21)18-16(10-5-13)17(20(23)24-18)12-14-6-8-15(22)9-7-14/h4,6-9,12,16,18-19H,3,5,10-11,22H2,1-2H3/b13-4?,17-12+/t16-,18-,19+,21+/m0/s1. The third-order valence-electron chi connectivity index (χ3n) is 5.76. The number of allylic oxidation sites excluding steroid dienone is 2. The molecule has 2 aliphatic heterocycles. The van der Waals surface area contributed by atoms with Crippen LogP contribution in [0.5, 0.6) is 0 Å². The molecule has 0 amide bonds. The van der Waals surface area contributed by atoms with Crippen molar-refractivity contribution in [1.29, 1.82) is 0 Å². The Kier molecular flexibility index (Phi) is 3.95. The fraction of sp³-hybridized carbons (Fsp3) is 0.476. The number of carbonyl (C=O) groups excluding carboxylic acids is 1. The SMILES string of the molecule is CC1=CCC[C@@]2(C)O[C@@H]2[C@H]2OC(=O)/C(=C/c3ccc(N)cc3)[C@@H]2CC1. The predicted octanol–water partition coefficient (Wildman–Crippen LogP) is 3.87. The summed E-state index contributed by atoms with van der Waals surface area (Å²) in [4.78, 5) is 12.6. The highest BCUT2D eigenvalue weighted by Crippen LogP contribution is 2.50. The first-order valence-electron chi connectivity index (χ1n) is 9.08. The van der Waals surface area contributed by atoms with Gasteiger partial charge in [-0.2, -0.15) is 0 Å². The van der Waals surface area contributed by atoms with Gasteiger partial charge in [0.05, 0.1) is 5.60 Å². The average molecular weight is 339 g/mol. The lowest BCUT2D eigenvalue weighted by atomic mass is 9.83. The molecule has 0 aromatic heterocycles. The second kappa shape index (κ2) is 6.03. The fourth-order valence-electron chi connectivity index (χ4n) is 4.09. The predicted molar refractivity (Wildman–Crippen MR) is 97.7 cm³/mol. The molecule has 0 bridgehead atoms. The minimum absolute atomic E-state index is 0.0190. The van der Waals surface area contributed by atoms with E-state index in [1.165, 1.54) is 5.57 Å². The topological polar surface area (TPSA) is 64.8 Å². The largest absolute Gasteiger partial charge is 0.455 e. The monoisotopic (exact) mass is 339 g/mol. The van der Waals surface area contributed by atoms with Crippen LogP contribution < -0.4 is 5.73 Å². The number of anilines is 1. The molecule has 1 aromatic rings. The first-order chi connectivity index (χ1) is 12.0. The van der Waals surface area contributed by atoms with E-state index in [1.54, 1.807) is 0 Å². The average Bonchev–Trinajstić information content (AvgIpc) is 3.15. The summed E-state index contributed by atoms with van der Waals surface area (Å²) in [6, 6.07) is 7.58. The van der Waals surface area contributed by atoms with Crippen molar-refractivity contribution in [3.05, 3.63) is 47.1 Å². The Balaban J connectivity index is 1.67. The Morgan fingerprint density at radius 1 is 1.28 bits per heavy atom. The van der Waals surface area contributed by atoms with Crippen molar-refractivity contribution < 1.29 is 14.3 Å². The fourth-order valence-corrected chi connectivity index (χ4v) is 4.09. The van der Waals surface area contributed by atoms with Gasteiger partial charge in [-0.15, -0.1) is 0 Å². The lowest BCUT2D eigenvalue weighted by molar-refractivity contribution is -0.139. The summed E-state index contributed by atoms with van der Waals surface area (Å²) in [5.74, 6) is -0.121. The van der Waals surface area contributed by atoms with E-state index < -0.39 is 0 Å². The zero-order valence-electron chi connectivity index (χ0n) is 14.8. The molecule has 2 N–H and O–H groups in total. The second-order valence-electron chi connectivity index (χ2n) is 7.72. The van der Waals surface area contributed by atoms with Gasteiger partial charge in [0.2, 0.25) is 0 Å². The van der Waals surface area contributed by atoms with E-state index in [2.05, 4.69) is 19.9 Å². The number of carbonyl (C=O) groups is 1. The number of fused-ring (bicyclic) bond motifs is 3. The van der Waals surface area contributed by atoms with Gasteiger partial charge in [0.25, 0.3) is 0 Å². The molecule has 2 saturated heterocycles. The molecule has 4 atom stereocenters. The van der Waals surface area contributed by atoms with Crippen LogP contribution in [-0.4, -0.2) is 23.8 Å². The van der Waals surface area contributed by atoms with E-state index in [0.717, 1.165) is 42.5 Å². The molecule has 4 rings (SSSR count). The van der Waals surface area contributed by atoms with Crippen LogP contribution in [0.15, 0.2) is 41.5 Å². The number of nitrogens with two attached hydrogens (primary N) is 1. The van der Waals surface area contributed by atoms with E-state index in [4.69, 9.17) is 15.2 Å². The minimum atomic E-state index is -0.203. The Labute approximate surface area is 148 Å². The van der Waals surface area contributed by atoms with E-state index in [9.17, 15) is 4.79 Å². The van der Waals surface area contributed by atoms with E-state index in [0.29, 0.717) is 0 Å². The molecule has 0 unspecified atom stereocenters. The van der Waals surface area contributed by atoms with Crippen molar-refractivity contribution in [3.63, 3.8) is 0 Å². The molecule has 2 fully saturated rings. The Morgan fingerprint density at radius 3 is 2.80 bits per heavy atom. The van der Waals surface area contributed by atoms with Crippen molar-refractivity contribution in [2.75, 3.05) is 5.73 Å². The van der Waals surface area contributed by atoms with Gasteiger partial charge in [-0.25, -0.2) is 4.79 Å². The van der Waals surface area contributed by atoms with Crippen molar-refractivity contribution in [3.8, 4) is 0 Å². The minimum Gasteiger partial charge on any atom is -0.455 e. The summed E-state index contributed by atoms with van der Waals surface area (Å²) in [6.07, 6.45) is 8.03. The molecule has 2 heterocycles. The third kappa shape index (κ3) is 3.11. The number of hydrogen-bond acceptors (Lipinski definition) is 4. The van der Waals surface area contributed by atoms with Crippen LogP contribution >= 0.6 is 0 Å². The zero-order chi connectivity index (χ0) is 17.6. The normalized spacial score (nSPS) is 36.2. The summed E-state index contributed by atoms with van der Waals surface area (Å²) >= 11 is 0. The number of benzene rings is 1. The van der Waals surface area contributed by atoms with Gasteiger partial charge in [0.1, 0.15) is 12.2 Å². The van der Waals surface area contributed by atoms with Crippen LogP contribution in [-0.2, 0) is 14.3 Å². The smallest absolute Gasteiger partial charge is 0.334 e. The van der Waals surface area contributed by atoms with Crippen molar-refractivity contribution in [1.82, 2.24) is 0 Å². The van der Waals surface area contributed by atoms with E-state index >= 15 is 0 Å². The molecular weight excluding hydrogens is 314 g/mol. The molecule has 132 valence electrons. The van der Waals surface area contributed by atoms with Crippen LogP contribution in [0.2, 0.25) is 0 Å². The number of rotatable bonds is 1. The molecule has 3 aliphatic rings. The number of ether oxygens (including phenoxy) is 2. The summed E-state index contributed by atoms with van der Waals surface area (Å²) in [6.45, 7) is 4.31. The molecular formula is C21H25NO3. The van der Waals surface area contributed by atoms with Gasteiger partial charge in [0.15, 0.2) is 0 Å². The Hall–Kier alpha value is -2.07. The quantitative estimate of drug-likeness (QED) is 0.277. The highest BCUT2D eigenvalue weighted by molar-refractivity contribution is 5.96. The molecule has 1 aliphatic carbocycles. The van der Waals surface area contributed by atoms with Crippen LogP contribution in [0.25, 0.3) is 6.08 Å².